The van der Waals surface area contributed by atoms with Crippen molar-refractivity contribution in [3.63, 3.8) is 0 Å². The molecule has 2 rings (SSSR count). The third-order valence-electron chi connectivity index (χ3n) is 4.24. The van der Waals surface area contributed by atoms with Crippen molar-refractivity contribution in [1.82, 2.24) is 14.9 Å². The number of halogens is 1. The van der Waals surface area contributed by atoms with Crippen molar-refractivity contribution in [3.05, 3.63) is 34.4 Å². The van der Waals surface area contributed by atoms with Crippen LogP contribution >= 0.6 is 12.4 Å². The second kappa shape index (κ2) is 9.81. The Bertz CT molecular complexity index is 718. The Labute approximate surface area is 158 Å². The van der Waals surface area contributed by atoms with Gasteiger partial charge in [0.2, 0.25) is 15.9 Å². The van der Waals surface area contributed by atoms with Gasteiger partial charge in [0.1, 0.15) is 0 Å². The SMILES string of the molecule is CNC1CCN(C(=O)CCNS(=O)(=O)c2ccc([N+](=O)[O-])cc2)CC1.Cl. The predicted octanol–water partition coefficient (Wildman–Crippen LogP) is 0.895. The zero-order valence-electron chi connectivity index (χ0n) is 14.4. The molecule has 0 radical (unpaired) electrons. The maximum Gasteiger partial charge on any atom is 0.269 e. The van der Waals surface area contributed by atoms with E-state index in [1.165, 1.54) is 12.1 Å². The van der Waals surface area contributed by atoms with Gasteiger partial charge in [-0.1, -0.05) is 0 Å². The van der Waals surface area contributed by atoms with Crippen molar-refractivity contribution < 1.29 is 18.1 Å². The fraction of sp³-hybridized carbons (Fsp3) is 0.533. The third kappa shape index (κ3) is 5.90. The van der Waals surface area contributed by atoms with E-state index < -0.39 is 14.9 Å². The molecule has 146 valence electrons. The number of nitrogens with zero attached hydrogens (tertiary/aromatic N) is 2. The Kier molecular flexibility index (Phi) is 8.41. The van der Waals surface area contributed by atoms with Crippen molar-refractivity contribution >= 4 is 34.0 Å². The number of carbonyl (C=O) groups excluding carboxylic acids is 1. The van der Waals surface area contributed by atoms with E-state index >= 15 is 0 Å². The van der Waals surface area contributed by atoms with E-state index in [4.69, 9.17) is 0 Å². The van der Waals surface area contributed by atoms with Crippen LogP contribution in [0.1, 0.15) is 19.3 Å². The lowest BCUT2D eigenvalue weighted by atomic mass is 10.1. The molecule has 9 nitrogen and oxygen atoms in total. The van der Waals surface area contributed by atoms with E-state index in [2.05, 4.69) is 10.0 Å². The molecule has 1 fully saturated rings. The Morgan fingerprint density at radius 3 is 2.35 bits per heavy atom. The predicted molar refractivity (Wildman–Crippen MR) is 98.8 cm³/mol. The standard InChI is InChI=1S/C15H22N4O5S.ClH/c1-16-12-7-10-18(11-8-12)15(20)6-9-17-25(23,24)14-4-2-13(3-5-14)19(21)22;/h2-5,12,16-17H,6-11H2,1H3;1H. The van der Waals surface area contributed by atoms with Crippen molar-refractivity contribution in [1.29, 1.82) is 0 Å². The number of nitrogens with one attached hydrogen (secondary N) is 2. The van der Waals surface area contributed by atoms with Gasteiger partial charge in [-0.05, 0) is 32.0 Å². The maximum absolute atomic E-state index is 12.1. The summed E-state index contributed by atoms with van der Waals surface area (Å²) < 4.78 is 26.6. The summed E-state index contributed by atoms with van der Waals surface area (Å²) in [6, 6.07) is 5.03. The number of hydrogen-bond acceptors (Lipinski definition) is 6. The van der Waals surface area contributed by atoms with E-state index in [0.717, 1.165) is 25.0 Å². The molecule has 11 heteroatoms. The molecule has 1 aromatic carbocycles. The van der Waals surface area contributed by atoms with E-state index in [-0.39, 0.29) is 41.9 Å². The molecule has 2 N–H and O–H groups in total. The zero-order valence-corrected chi connectivity index (χ0v) is 16.0. The first-order valence-corrected chi connectivity index (χ1v) is 9.51. The summed E-state index contributed by atoms with van der Waals surface area (Å²) in [5.41, 5.74) is -0.181. The van der Waals surface area contributed by atoms with Crippen molar-refractivity contribution in [3.8, 4) is 0 Å². The minimum atomic E-state index is -3.80. The number of hydrogen-bond donors (Lipinski definition) is 2. The average Bonchev–Trinajstić information content (AvgIpc) is 2.61. The number of sulfonamides is 1. The summed E-state index contributed by atoms with van der Waals surface area (Å²) in [5.74, 6) is -0.0825. The number of carbonyl (C=O) groups is 1. The molecule has 0 aliphatic carbocycles. The van der Waals surface area contributed by atoms with Crippen LogP contribution in [0.4, 0.5) is 5.69 Å². The number of amides is 1. The topological polar surface area (TPSA) is 122 Å². The lowest BCUT2D eigenvalue weighted by Gasteiger charge is -2.31. The number of rotatable bonds is 7. The number of benzene rings is 1. The largest absolute Gasteiger partial charge is 0.343 e. The number of piperidine rings is 1. The Hall–Kier alpha value is -1.75. The van der Waals surface area contributed by atoms with Gasteiger partial charge >= 0.3 is 0 Å². The van der Waals surface area contributed by atoms with Gasteiger partial charge < -0.3 is 10.2 Å². The molecule has 1 amide bonds. The molecule has 0 bridgehead atoms. The third-order valence-corrected chi connectivity index (χ3v) is 5.72. The number of nitro groups is 1. The molecule has 1 aliphatic rings. The lowest BCUT2D eigenvalue weighted by Crippen LogP contribution is -2.44. The summed E-state index contributed by atoms with van der Waals surface area (Å²) in [4.78, 5) is 23.8. The summed E-state index contributed by atoms with van der Waals surface area (Å²) in [6.07, 6.45) is 1.85. The number of non-ortho nitro benzene ring substituents is 1. The first kappa shape index (κ1) is 22.3. The van der Waals surface area contributed by atoms with E-state index in [1.807, 2.05) is 7.05 Å². The average molecular weight is 407 g/mol. The molecule has 26 heavy (non-hydrogen) atoms. The van der Waals surface area contributed by atoms with Gasteiger partial charge in [-0.3, -0.25) is 14.9 Å². The quantitative estimate of drug-likeness (QED) is 0.512. The lowest BCUT2D eigenvalue weighted by molar-refractivity contribution is -0.384. The van der Waals surface area contributed by atoms with Crippen LogP contribution in [-0.4, -0.2) is 56.9 Å². The molecule has 1 heterocycles. The van der Waals surface area contributed by atoms with Crippen molar-refractivity contribution in [2.24, 2.45) is 0 Å². The molecule has 0 saturated carbocycles. The van der Waals surface area contributed by atoms with Gasteiger partial charge in [0, 0.05) is 44.2 Å². The highest BCUT2D eigenvalue weighted by Gasteiger charge is 2.22. The van der Waals surface area contributed by atoms with Crippen LogP contribution in [0.3, 0.4) is 0 Å². The second-order valence-electron chi connectivity index (χ2n) is 5.84. The highest BCUT2D eigenvalue weighted by molar-refractivity contribution is 7.89. The molecule has 0 unspecified atom stereocenters. The first-order valence-electron chi connectivity index (χ1n) is 8.02. The summed E-state index contributed by atoms with van der Waals surface area (Å²) in [7, 11) is -1.90. The van der Waals surface area contributed by atoms with Crippen LogP contribution in [0.5, 0.6) is 0 Å². The van der Waals surface area contributed by atoms with Crippen LogP contribution in [0.25, 0.3) is 0 Å². The smallest absolute Gasteiger partial charge is 0.269 e. The maximum atomic E-state index is 12.1. The fourth-order valence-corrected chi connectivity index (χ4v) is 3.73. The Morgan fingerprint density at radius 1 is 1.27 bits per heavy atom. The molecule has 0 spiro atoms. The van der Waals surface area contributed by atoms with E-state index in [0.29, 0.717) is 19.1 Å². The minimum absolute atomic E-state index is 0. The number of nitro benzene ring substituents is 1. The molecular weight excluding hydrogens is 384 g/mol. The Morgan fingerprint density at radius 2 is 1.85 bits per heavy atom. The van der Waals surface area contributed by atoms with Gasteiger partial charge in [0.15, 0.2) is 0 Å². The van der Waals surface area contributed by atoms with Gasteiger partial charge in [0.25, 0.3) is 5.69 Å². The molecule has 0 atom stereocenters. The molecule has 1 saturated heterocycles. The van der Waals surface area contributed by atoms with E-state index in [1.54, 1.807) is 4.90 Å². The summed E-state index contributed by atoms with van der Waals surface area (Å²) >= 11 is 0. The molecule has 1 aromatic rings. The van der Waals surface area contributed by atoms with Gasteiger partial charge in [-0.2, -0.15) is 0 Å². The van der Waals surface area contributed by atoms with Gasteiger partial charge in [-0.25, -0.2) is 13.1 Å². The van der Waals surface area contributed by atoms with Crippen LogP contribution < -0.4 is 10.0 Å². The monoisotopic (exact) mass is 406 g/mol. The summed E-state index contributed by atoms with van der Waals surface area (Å²) in [6.45, 7) is 1.32. The minimum Gasteiger partial charge on any atom is -0.343 e. The molecule has 0 aromatic heterocycles. The highest BCUT2D eigenvalue weighted by Crippen LogP contribution is 2.16. The second-order valence-corrected chi connectivity index (χ2v) is 7.61. The van der Waals surface area contributed by atoms with Gasteiger partial charge in [-0.15, -0.1) is 12.4 Å². The Balaban J connectivity index is 0.00000338. The van der Waals surface area contributed by atoms with Crippen LogP contribution in [0, 0.1) is 10.1 Å². The molecule has 1 aliphatic heterocycles. The highest BCUT2D eigenvalue weighted by atomic mass is 35.5. The van der Waals surface area contributed by atoms with Crippen LogP contribution in [0.15, 0.2) is 29.2 Å². The number of likely N-dealkylation sites (tertiary alicyclic amines) is 1. The van der Waals surface area contributed by atoms with E-state index in [9.17, 15) is 23.3 Å². The van der Waals surface area contributed by atoms with Gasteiger partial charge in [0.05, 0.1) is 9.82 Å². The first-order chi connectivity index (χ1) is 11.8. The van der Waals surface area contributed by atoms with Crippen molar-refractivity contribution in [2.45, 2.75) is 30.2 Å². The normalized spacial score (nSPS) is 15.3. The van der Waals surface area contributed by atoms with Crippen LogP contribution in [0.2, 0.25) is 0 Å². The fourth-order valence-electron chi connectivity index (χ4n) is 2.70. The van der Waals surface area contributed by atoms with Crippen LogP contribution in [-0.2, 0) is 14.8 Å². The molecular formula is C15H23ClN4O5S. The van der Waals surface area contributed by atoms with Crippen molar-refractivity contribution in [2.75, 3.05) is 26.7 Å². The summed E-state index contributed by atoms with van der Waals surface area (Å²) in [5, 5.41) is 13.8. The zero-order chi connectivity index (χ0) is 18.4.